The standard InChI is InChI=1S/C16H22N4S.ClH/c1-12-3-4-13(2)15(9-12)20-7-5-19(6-8-20)11-14-10-18-16(17)21-14;/h3-4,9-10H,5-8,11H2,1-2H3,(H2,17,18);1H. The summed E-state index contributed by atoms with van der Waals surface area (Å²) >= 11 is 1.59. The quantitative estimate of drug-likeness (QED) is 0.934. The normalized spacial score (nSPS) is 15.6. The molecule has 0 unspecified atom stereocenters. The minimum absolute atomic E-state index is 0. The van der Waals surface area contributed by atoms with Crippen molar-refractivity contribution < 1.29 is 0 Å². The fourth-order valence-corrected chi connectivity index (χ4v) is 3.55. The van der Waals surface area contributed by atoms with E-state index in [0.29, 0.717) is 5.13 Å². The van der Waals surface area contributed by atoms with E-state index < -0.39 is 0 Å². The maximum absolute atomic E-state index is 5.69. The first kappa shape index (κ1) is 17.1. The van der Waals surface area contributed by atoms with Crippen molar-refractivity contribution in [3.05, 3.63) is 40.4 Å². The summed E-state index contributed by atoms with van der Waals surface area (Å²) < 4.78 is 0. The van der Waals surface area contributed by atoms with Crippen LogP contribution in [-0.2, 0) is 6.54 Å². The van der Waals surface area contributed by atoms with Crippen molar-refractivity contribution in [1.29, 1.82) is 0 Å². The Labute approximate surface area is 142 Å². The van der Waals surface area contributed by atoms with Crippen LogP contribution in [0, 0.1) is 13.8 Å². The highest BCUT2D eigenvalue weighted by molar-refractivity contribution is 7.15. The second-order valence-corrected chi connectivity index (χ2v) is 6.86. The van der Waals surface area contributed by atoms with Crippen molar-refractivity contribution in [2.75, 3.05) is 36.8 Å². The second kappa shape index (κ2) is 7.31. The molecule has 1 aromatic heterocycles. The van der Waals surface area contributed by atoms with E-state index in [4.69, 9.17) is 5.73 Å². The van der Waals surface area contributed by atoms with Gasteiger partial charge in [-0.1, -0.05) is 12.1 Å². The number of nitrogen functional groups attached to an aromatic ring is 1. The molecule has 2 aromatic rings. The summed E-state index contributed by atoms with van der Waals surface area (Å²) in [5.74, 6) is 0. The molecule has 1 aliphatic rings. The van der Waals surface area contributed by atoms with Gasteiger partial charge in [0.1, 0.15) is 0 Å². The Bertz CT molecular complexity index is 620. The van der Waals surface area contributed by atoms with Crippen LogP contribution in [0.3, 0.4) is 0 Å². The molecule has 2 heterocycles. The molecule has 1 aromatic carbocycles. The lowest BCUT2D eigenvalue weighted by Crippen LogP contribution is -2.46. The number of rotatable bonds is 3. The van der Waals surface area contributed by atoms with Gasteiger partial charge in [-0.2, -0.15) is 0 Å². The number of thiazole rings is 1. The minimum Gasteiger partial charge on any atom is -0.375 e. The van der Waals surface area contributed by atoms with Crippen LogP contribution in [-0.4, -0.2) is 36.1 Å². The molecule has 6 heteroatoms. The van der Waals surface area contributed by atoms with Crippen molar-refractivity contribution in [2.45, 2.75) is 20.4 Å². The van der Waals surface area contributed by atoms with Gasteiger partial charge in [-0.3, -0.25) is 4.90 Å². The van der Waals surface area contributed by atoms with Gasteiger partial charge in [-0.05, 0) is 31.0 Å². The lowest BCUT2D eigenvalue weighted by molar-refractivity contribution is 0.251. The lowest BCUT2D eigenvalue weighted by Gasteiger charge is -2.36. The van der Waals surface area contributed by atoms with Gasteiger partial charge in [0, 0.05) is 49.5 Å². The van der Waals surface area contributed by atoms with Crippen LogP contribution < -0.4 is 10.6 Å². The molecule has 0 radical (unpaired) electrons. The summed E-state index contributed by atoms with van der Waals surface area (Å²) in [5.41, 5.74) is 9.78. The maximum atomic E-state index is 5.69. The van der Waals surface area contributed by atoms with Crippen molar-refractivity contribution in [1.82, 2.24) is 9.88 Å². The van der Waals surface area contributed by atoms with E-state index >= 15 is 0 Å². The smallest absolute Gasteiger partial charge is 0.180 e. The van der Waals surface area contributed by atoms with Gasteiger partial charge >= 0.3 is 0 Å². The minimum atomic E-state index is 0. The molecule has 0 atom stereocenters. The first-order chi connectivity index (χ1) is 10.1. The molecule has 0 saturated carbocycles. The molecular formula is C16H23ClN4S. The Hall–Kier alpha value is -1.30. The van der Waals surface area contributed by atoms with Crippen LogP contribution in [0.2, 0.25) is 0 Å². The molecule has 0 spiro atoms. The van der Waals surface area contributed by atoms with Gasteiger partial charge in [0.25, 0.3) is 0 Å². The van der Waals surface area contributed by atoms with Crippen molar-refractivity contribution in [3.8, 4) is 0 Å². The molecule has 2 N–H and O–H groups in total. The zero-order chi connectivity index (χ0) is 14.8. The van der Waals surface area contributed by atoms with Gasteiger partial charge in [0.15, 0.2) is 5.13 Å². The second-order valence-electron chi connectivity index (χ2n) is 5.72. The van der Waals surface area contributed by atoms with Gasteiger partial charge in [0.2, 0.25) is 0 Å². The fourth-order valence-electron chi connectivity index (χ4n) is 2.82. The van der Waals surface area contributed by atoms with Crippen LogP contribution in [0.5, 0.6) is 0 Å². The summed E-state index contributed by atoms with van der Waals surface area (Å²) in [4.78, 5) is 10.4. The number of hydrogen-bond acceptors (Lipinski definition) is 5. The molecule has 0 aliphatic carbocycles. The van der Waals surface area contributed by atoms with Crippen molar-refractivity contribution in [3.63, 3.8) is 0 Å². The maximum Gasteiger partial charge on any atom is 0.180 e. The number of hydrogen-bond donors (Lipinski definition) is 1. The number of nitrogens with two attached hydrogens (primary N) is 1. The summed E-state index contributed by atoms with van der Waals surface area (Å²) in [7, 11) is 0. The number of anilines is 2. The lowest BCUT2D eigenvalue weighted by atomic mass is 10.1. The first-order valence-corrected chi connectivity index (χ1v) is 8.18. The summed E-state index contributed by atoms with van der Waals surface area (Å²) in [6.07, 6.45) is 1.90. The van der Waals surface area contributed by atoms with Crippen LogP contribution >= 0.6 is 23.7 Å². The fraction of sp³-hybridized carbons (Fsp3) is 0.438. The van der Waals surface area contributed by atoms with Gasteiger partial charge in [-0.25, -0.2) is 4.98 Å². The molecule has 4 nitrogen and oxygen atoms in total. The molecule has 22 heavy (non-hydrogen) atoms. The van der Waals surface area contributed by atoms with E-state index in [9.17, 15) is 0 Å². The third-order valence-electron chi connectivity index (χ3n) is 4.03. The Morgan fingerprint density at radius 2 is 1.91 bits per heavy atom. The molecule has 1 saturated heterocycles. The number of piperazine rings is 1. The number of halogens is 1. The Balaban J connectivity index is 0.00000176. The number of aromatic nitrogens is 1. The third-order valence-corrected chi connectivity index (χ3v) is 4.84. The van der Waals surface area contributed by atoms with E-state index in [1.54, 1.807) is 11.3 Å². The molecule has 0 bridgehead atoms. The average Bonchev–Trinajstić information content (AvgIpc) is 2.88. The Morgan fingerprint density at radius 1 is 1.18 bits per heavy atom. The first-order valence-electron chi connectivity index (χ1n) is 7.36. The zero-order valence-corrected chi connectivity index (χ0v) is 14.7. The van der Waals surface area contributed by atoms with E-state index in [1.165, 1.54) is 21.7 Å². The number of aryl methyl sites for hydroxylation is 2. The summed E-state index contributed by atoms with van der Waals surface area (Å²) in [6, 6.07) is 6.70. The summed E-state index contributed by atoms with van der Waals surface area (Å²) in [6.45, 7) is 9.66. The SMILES string of the molecule is Cc1ccc(C)c(N2CCN(Cc3cnc(N)s3)CC2)c1.Cl. The third kappa shape index (κ3) is 3.91. The Morgan fingerprint density at radius 3 is 2.55 bits per heavy atom. The zero-order valence-electron chi connectivity index (χ0n) is 13.1. The van der Waals surface area contributed by atoms with Gasteiger partial charge < -0.3 is 10.6 Å². The van der Waals surface area contributed by atoms with E-state index in [-0.39, 0.29) is 12.4 Å². The molecule has 1 fully saturated rings. The van der Waals surface area contributed by atoms with Gasteiger partial charge in [0.05, 0.1) is 0 Å². The van der Waals surface area contributed by atoms with E-state index in [0.717, 1.165) is 32.7 Å². The summed E-state index contributed by atoms with van der Waals surface area (Å²) in [5, 5.41) is 0.666. The van der Waals surface area contributed by atoms with Crippen LogP contribution in [0.25, 0.3) is 0 Å². The Kier molecular flexibility index (Phi) is 5.67. The van der Waals surface area contributed by atoms with E-state index in [2.05, 4.69) is 46.8 Å². The van der Waals surface area contributed by atoms with E-state index in [1.807, 2.05) is 6.20 Å². The monoisotopic (exact) mass is 338 g/mol. The van der Waals surface area contributed by atoms with Crippen molar-refractivity contribution in [2.24, 2.45) is 0 Å². The van der Waals surface area contributed by atoms with Crippen molar-refractivity contribution >= 4 is 34.6 Å². The predicted molar refractivity (Wildman–Crippen MR) is 97.2 cm³/mol. The molecule has 1 aliphatic heterocycles. The van der Waals surface area contributed by atoms with Crippen LogP contribution in [0.1, 0.15) is 16.0 Å². The highest BCUT2D eigenvalue weighted by Crippen LogP contribution is 2.24. The van der Waals surface area contributed by atoms with Crippen LogP contribution in [0.15, 0.2) is 24.4 Å². The largest absolute Gasteiger partial charge is 0.375 e. The topological polar surface area (TPSA) is 45.4 Å². The van der Waals surface area contributed by atoms with Crippen LogP contribution in [0.4, 0.5) is 10.8 Å². The molecule has 0 amide bonds. The predicted octanol–water partition coefficient (Wildman–Crippen LogP) is 3.09. The molecule has 3 rings (SSSR count). The highest BCUT2D eigenvalue weighted by atomic mass is 35.5. The average molecular weight is 339 g/mol. The van der Waals surface area contributed by atoms with Gasteiger partial charge in [-0.15, -0.1) is 23.7 Å². The molecular weight excluding hydrogens is 316 g/mol. The number of benzene rings is 1. The number of nitrogens with zero attached hydrogens (tertiary/aromatic N) is 3. The molecule has 120 valence electrons. The highest BCUT2D eigenvalue weighted by Gasteiger charge is 2.19.